The summed E-state index contributed by atoms with van der Waals surface area (Å²) in [5.74, 6) is -0.158. The standard InChI is InChI=1S/C24H24Cl2N2O2/c1-14-6-8-18(16(3)11-14)21-22(27-10-4-5-15(2)13-27)24(30)28(23(21)29)17-7-9-19(25)20(26)12-17/h6-9,11-12,15H,4-5,10,13H2,1-3H3. The van der Waals surface area contributed by atoms with Crippen LogP contribution in [0.15, 0.2) is 42.1 Å². The summed E-state index contributed by atoms with van der Waals surface area (Å²) >= 11 is 12.2. The Balaban J connectivity index is 1.87. The van der Waals surface area contributed by atoms with Crippen molar-refractivity contribution in [3.05, 3.63) is 68.8 Å². The third-order valence-electron chi connectivity index (χ3n) is 5.85. The molecule has 30 heavy (non-hydrogen) atoms. The molecule has 0 aromatic heterocycles. The van der Waals surface area contributed by atoms with Crippen LogP contribution in [0.2, 0.25) is 10.0 Å². The third-order valence-corrected chi connectivity index (χ3v) is 6.58. The summed E-state index contributed by atoms with van der Waals surface area (Å²) in [4.78, 5) is 30.6. The average molecular weight is 443 g/mol. The van der Waals surface area contributed by atoms with Gasteiger partial charge in [0, 0.05) is 13.1 Å². The van der Waals surface area contributed by atoms with Gasteiger partial charge in [0.25, 0.3) is 11.8 Å². The number of benzene rings is 2. The van der Waals surface area contributed by atoms with Crippen molar-refractivity contribution in [1.29, 1.82) is 0 Å². The van der Waals surface area contributed by atoms with E-state index in [9.17, 15) is 9.59 Å². The Labute approximate surface area is 187 Å². The highest BCUT2D eigenvalue weighted by atomic mass is 35.5. The second kappa shape index (κ2) is 8.09. The van der Waals surface area contributed by atoms with E-state index < -0.39 is 0 Å². The zero-order valence-electron chi connectivity index (χ0n) is 17.3. The Morgan fingerprint density at radius 1 is 0.967 bits per heavy atom. The molecule has 1 unspecified atom stereocenters. The van der Waals surface area contributed by atoms with Gasteiger partial charge in [0.2, 0.25) is 0 Å². The smallest absolute Gasteiger partial charge is 0.282 e. The summed E-state index contributed by atoms with van der Waals surface area (Å²) in [5, 5.41) is 0.690. The molecular formula is C24H24Cl2N2O2. The van der Waals surface area contributed by atoms with Gasteiger partial charge in [-0.25, -0.2) is 4.90 Å². The number of nitrogens with zero attached hydrogens (tertiary/aromatic N) is 2. The molecule has 1 atom stereocenters. The number of piperidine rings is 1. The minimum atomic E-state index is -0.321. The number of anilines is 1. The van der Waals surface area contributed by atoms with E-state index in [1.165, 1.54) is 4.90 Å². The first-order valence-electron chi connectivity index (χ1n) is 10.2. The van der Waals surface area contributed by atoms with E-state index in [0.717, 1.165) is 42.6 Å². The van der Waals surface area contributed by atoms with Gasteiger partial charge in [-0.3, -0.25) is 9.59 Å². The molecule has 2 aliphatic heterocycles. The second-order valence-electron chi connectivity index (χ2n) is 8.28. The normalized spacial score (nSPS) is 19.8. The third kappa shape index (κ3) is 3.63. The molecule has 4 rings (SSSR count). The van der Waals surface area contributed by atoms with Crippen LogP contribution in [0.5, 0.6) is 0 Å². The maximum atomic E-state index is 13.6. The molecule has 0 N–H and O–H groups in total. The van der Waals surface area contributed by atoms with Gasteiger partial charge >= 0.3 is 0 Å². The van der Waals surface area contributed by atoms with E-state index in [-0.39, 0.29) is 11.8 Å². The highest BCUT2D eigenvalue weighted by Crippen LogP contribution is 2.39. The zero-order valence-corrected chi connectivity index (χ0v) is 18.8. The molecule has 2 aromatic carbocycles. The lowest BCUT2D eigenvalue weighted by molar-refractivity contribution is -0.120. The van der Waals surface area contributed by atoms with Crippen molar-refractivity contribution < 1.29 is 9.59 Å². The Kier molecular flexibility index (Phi) is 5.65. The molecule has 0 saturated carbocycles. The first-order chi connectivity index (χ1) is 14.3. The predicted molar refractivity (Wildman–Crippen MR) is 122 cm³/mol. The summed E-state index contributed by atoms with van der Waals surface area (Å²) in [5.41, 5.74) is 4.28. The number of halogens is 2. The van der Waals surface area contributed by atoms with Crippen molar-refractivity contribution in [2.24, 2.45) is 5.92 Å². The molecule has 0 spiro atoms. The molecule has 0 aliphatic carbocycles. The number of carbonyl (C=O) groups is 2. The molecule has 2 aliphatic rings. The fourth-order valence-electron chi connectivity index (χ4n) is 4.40. The van der Waals surface area contributed by atoms with E-state index in [1.54, 1.807) is 18.2 Å². The van der Waals surface area contributed by atoms with Crippen molar-refractivity contribution >= 4 is 46.3 Å². The van der Waals surface area contributed by atoms with E-state index >= 15 is 0 Å². The van der Waals surface area contributed by atoms with Gasteiger partial charge in [-0.05, 0) is 61.9 Å². The summed E-state index contributed by atoms with van der Waals surface area (Å²) in [6.45, 7) is 7.70. The number of imide groups is 1. The molecule has 2 amide bonds. The molecule has 4 nitrogen and oxygen atoms in total. The Morgan fingerprint density at radius 2 is 1.73 bits per heavy atom. The second-order valence-corrected chi connectivity index (χ2v) is 9.09. The zero-order chi connectivity index (χ0) is 21.6. The summed E-state index contributed by atoms with van der Waals surface area (Å²) < 4.78 is 0. The number of amides is 2. The topological polar surface area (TPSA) is 40.6 Å². The molecule has 1 fully saturated rings. The van der Waals surface area contributed by atoms with Crippen LogP contribution in [0.1, 0.15) is 36.5 Å². The Hall–Kier alpha value is -2.30. The van der Waals surface area contributed by atoms with Gasteiger partial charge in [-0.1, -0.05) is 53.9 Å². The van der Waals surface area contributed by atoms with Crippen LogP contribution in [0.4, 0.5) is 5.69 Å². The van der Waals surface area contributed by atoms with Gasteiger partial charge in [-0.15, -0.1) is 0 Å². The lowest BCUT2D eigenvalue weighted by atomic mass is 9.95. The fraction of sp³-hybridized carbons (Fsp3) is 0.333. The van der Waals surface area contributed by atoms with Crippen LogP contribution in [-0.2, 0) is 9.59 Å². The quantitative estimate of drug-likeness (QED) is 0.578. The van der Waals surface area contributed by atoms with Crippen LogP contribution in [-0.4, -0.2) is 29.8 Å². The highest BCUT2D eigenvalue weighted by molar-refractivity contribution is 6.46. The van der Waals surface area contributed by atoms with Gasteiger partial charge in [0.15, 0.2) is 0 Å². The molecule has 2 aromatic rings. The van der Waals surface area contributed by atoms with Crippen molar-refractivity contribution in [3.63, 3.8) is 0 Å². The SMILES string of the molecule is Cc1ccc(C2=C(N3CCCC(C)C3)C(=O)N(c3ccc(Cl)c(Cl)c3)C2=O)c(C)c1. The van der Waals surface area contributed by atoms with Crippen LogP contribution >= 0.6 is 23.2 Å². The summed E-state index contributed by atoms with van der Waals surface area (Å²) in [6, 6.07) is 10.8. The van der Waals surface area contributed by atoms with E-state index in [1.807, 2.05) is 32.0 Å². The molecule has 2 heterocycles. The maximum Gasteiger partial charge on any atom is 0.282 e. The van der Waals surface area contributed by atoms with Crippen molar-refractivity contribution in [2.75, 3.05) is 18.0 Å². The molecule has 0 bridgehead atoms. The fourth-order valence-corrected chi connectivity index (χ4v) is 4.69. The van der Waals surface area contributed by atoms with Crippen molar-refractivity contribution in [1.82, 2.24) is 4.90 Å². The highest BCUT2D eigenvalue weighted by Gasteiger charge is 2.43. The number of hydrogen-bond acceptors (Lipinski definition) is 3. The number of rotatable bonds is 3. The predicted octanol–water partition coefficient (Wildman–Crippen LogP) is 5.63. The van der Waals surface area contributed by atoms with Crippen LogP contribution in [0.3, 0.4) is 0 Å². The van der Waals surface area contributed by atoms with Crippen LogP contribution in [0, 0.1) is 19.8 Å². The lowest BCUT2D eigenvalue weighted by Gasteiger charge is -2.33. The average Bonchev–Trinajstić information content (AvgIpc) is 2.94. The molecule has 1 saturated heterocycles. The van der Waals surface area contributed by atoms with Gasteiger partial charge in [0.05, 0.1) is 21.3 Å². The van der Waals surface area contributed by atoms with Gasteiger partial charge in [-0.2, -0.15) is 0 Å². The van der Waals surface area contributed by atoms with Crippen LogP contribution < -0.4 is 4.90 Å². The maximum absolute atomic E-state index is 13.6. The first-order valence-corrected chi connectivity index (χ1v) is 10.9. The molecule has 156 valence electrons. The minimum absolute atomic E-state index is 0.303. The van der Waals surface area contributed by atoms with E-state index in [0.29, 0.717) is 32.9 Å². The number of likely N-dealkylation sites (tertiary alicyclic amines) is 1. The minimum Gasteiger partial charge on any atom is -0.366 e. The number of hydrogen-bond donors (Lipinski definition) is 0. The van der Waals surface area contributed by atoms with E-state index in [2.05, 4.69) is 11.8 Å². The van der Waals surface area contributed by atoms with Crippen molar-refractivity contribution in [2.45, 2.75) is 33.6 Å². The summed E-state index contributed by atoms with van der Waals surface area (Å²) in [7, 11) is 0. The Morgan fingerprint density at radius 3 is 2.40 bits per heavy atom. The Bertz CT molecular complexity index is 1080. The number of carbonyl (C=O) groups excluding carboxylic acids is 2. The van der Waals surface area contributed by atoms with E-state index in [4.69, 9.17) is 23.2 Å². The van der Waals surface area contributed by atoms with Gasteiger partial charge < -0.3 is 4.90 Å². The van der Waals surface area contributed by atoms with Crippen molar-refractivity contribution in [3.8, 4) is 0 Å². The lowest BCUT2D eigenvalue weighted by Crippen LogP contribution is -2.39. The van der Waals surface area contributed by atoms with Gasteiger partial charge in [0.1, 0.15) is 5.70 Å². The molecular weight excluding hydrogens is 419 g/mol. The van der Waals surface area contributed by atoms with Crippen LogP contribution in [0.25, 0.3) is 5.57 Å². The number of aryl methyl sites for hydroxylation is 2. The summed E-state index contributed by atoms with van der Waals surface area (Å²) in [6.07, 6.45) is 2.13. The molecule has 0 radical (unpaired) electrons. The largest absolute Gasteiger partial charge is 0.366 e. The first kappa shape index (κ1) is 21.0. The molecule has 6 heteroatoms. The monoisotopic (exact) mass is 442 g/mol.